The summed E-state index contributed by atoms with van der Waals surface area (Å²) in [5.74, 6) is -0.135. The summed E-state index contributed by atoms with van der Waals surface area (Å²) in [6.07, 6.45) is 0. The van der Waals surface area contributed by atoms with Crippen LogP contribution in [-0.4, -0.2) is 57.4 Å². The standard InChI is InChI=1S/C19H24N4O3S/c1-22-11-12-23(18(13-22)15-5-3-2-4-6-15)14-19(24)21-16-7-9-17(10-8-16)27(20,25)26/h2-10,18H,11-14H2,1H3,(H,21,24)(H2,20,25,26)/t18-/m0/s1. The largest absolute Gasteiger partial charge is 0.325 e. The van der Waals surface area contributed by atoms with Gasteiger partial charge >= 0.3 is 0 Å². The van der Waals surface area contributed by atoms with E-state index in [1.54, 1.807) is 0 Å². The second kappa shape index (κ2) is 8.18. The average Bonchev–Trinajstić information content (AvgIpc) is 2.63. The van der Waals surface area contributed by atoms with E-state index >= 15 is 0 Å². The Balaban J connectivity index is 1.67. The van der Waals surface area contributed by atoms with Crippen LogP contribution in [0.15, 0.2) is 59.5 Å². The molecule has 0 bridgehead atoms. The quantitative estimate of drug-likeness (QED) is 0.804. The maximum atomic E-state index is 12.5. The third-order valence-corrected chi connectivity index (χ3v) is 5.62. The average molecular weight is 388 g/mol. The summed E-state index contributed by atoms with van der Waals surface area (Å²) in [5, 5.41) is 7.91. The summed E-state index contributed by atoms with van der Waals surface area (Å²) in [6, 6.07) is 16.2. The van der Waals surface area contributed by atoms with Gasteiger partial charge < -0.3 is 10.2 Å². The van der Waals surface area contributed by atoms with Gasteiger partial charge in [0.05, 0.1) is 11.4 Å². The number of hydrogen-bond acceptors (Lipinski definition) is 5. The van der Waals surface area contributed by atoms with Crippen LogP contribution >= 0.6 is 0 Å². The molecule has 27 heavy (non-hydrogen) atoms. The number of hydrogen-bond donors (Lipinski definition) is 2. The Morgan fingerprint density at radius 2 is 1.78 bits per heavy atom. The van der Waals surface area contributed by atoms with Gasteiger partial charge in [-0.25, -0.2) is 13.6 Å². The molecule has 1 heterocycles. The third kappa shape index (κ3) is 5.14. The van der Waals surface area contributed by atoms with Crippen LogP contribution in [0.5, 0.6) is 0 Å². The number of carbonyl (C=O) groups is 1. The molecule has 1 fully saturated rings. The zero-order valence-electron chi connectivity index (χ0n) is 15.2. The van der Waals surface area contributed by atoms with Crippen molar-refractivity contribution in [2.24, 2.45) is 5.14 Å². The Morgan fingerprint density at radius 1 is 1.11 bits per heavy atom. The first kappa shape index (κ1) is 19.5. The summed E-state index contributed by atoms with van der Waals surface area (Å²) in [5.41, 5.74) is 1.73. The van der Waals surface area contributed by atoms with E-state index in [2.05, 4.69) is 34.3 Å². The second-order valence-electron chi connectivity index (χ2n) is 6.78. The third-order valence-electron chi connectivity index (χ3n) is 4.69. The van der Waals surface area contributed by atoms with Crippen molar-refractivity contribution in [3.8, 4) is 0 Å². The minimum Gasteiger partial charge on any atom is -0.325 e. The fraction of sp³-hybridized carbons (Fsp3) is 0.316. The van der Waals surface area contributed by atoms with Crippen molar-refractivity contribution in [2.75, 3.05) is 38.5 Å². The summed E-state index contributed by atoms with van der Waals surface area (Å²) in [6.45, 7) is 2.83. The fourth-order valence-corrected chi connectivity index (χ4v) is 3.77. The topological polar surface area (TPSA) is 95.7 Å². The Morgan fingerprint density at radius 3 is 2.41 bits per heavy atom. The predicted octanol–water partition coefficient (Wildman–Crippen LogP) is 1.26. The number of amides is 1. The monoisotopic (exact) mass is 388 g/mol. The first-order valence-electron chi connectivity index (χ1n) is 8.73. The Kier molecular flexibility index (Phi) is 5.91. The van der Waals surface area contributed by atoms with E-state index in [4.69, 9.17) is 5.14 Å². The molecule has 8 heteroatoms. The zero-order valence-corrected chi connectivity index (χ0v) is 16.0. The van der Waals surface area contributed by atoms with Crippen molar-refractivity contribution >= 4 is 21.6 Å². The van der Waals surface area contributed by atoms with E-state index in [0.717, 1.165) is 19.6 Å². The first-order chi connectivity index (χ1) is 12.8. The van der Waals surface area contributed by atoms with Gasteiger partial charge in [0, 0.05) is 31.4 Å². The molecule has 1 aliphatic heterocycles. The first-order valence-corrected chi connectivity index (χ1v) is 10.3. The van der Waals surface area contributed by atoms with E-state index < -0.39 is 10.0 Å². The lowest BCUT2D eigenvalue weighted by Gasteiger charge is -2.39. The number of benzene rings is 2. The SMILES string of the molecule is CN1CCN(CC(=O)Nc2ccc(S(N)(=O)=O)cc2)[C@H](c2ccccc2)C1. The minimum absolute atomic E-state index is 0.0173. The number of sulfonamides is 1. The lowest BCUT2D eigenvalue weighted by molar-refractivity contribution is -0.118. The van der Waals surface area contributed by atoms with E-state index in [0.29, 0.717) is 5.69 Å². The predicted molar refractivity (Wildman–Crippen MR) is 105 cm³/mol. The summed E-state index contributed by atoms with van der Waals surface area (Å²) in [4.78, 5) is 17.0. The highest BCUT2D eigenvalue weighted by molar-refractivity contribution is 7.89. The van der Waals surface area contributed by atoms with E-state index in [9.17, 15) is 13.2 Å². The number of nitrogens with zero attached hydrogens (tertiary/aromatic N) is 2. The molecule has 7 nitrogen and oxygen atoms in total. The van der Waals surface area contributed by atoms with Gasteiger partial charge in [-0.3, -0.25) is 9.69 Å². The molecule has 1 saturated heterocycles. The number of likely N-dealkylation sites (N-methyl/N-ethyl adjacent to an activating group) is 1. The molecule has 0 radical (unpaired) electrons. The summed E-state index contributed by atoms with van der Waals surface area (Å²) < 4.78 is 22.6. The molecule has 3 rings (SSSR count). The van der Waals surface area contributed by atoms with Crippen molar-refractivity contribution < 1.29 is 13.2 Å². The number of primary sulfonamides is 1. The summed E-state index contributed by atoms with van der Waals surface area (Å²) >= 11 is 0. The molecule has 0 aliphatic carbocycles. The van der Waals surface area contributed by atoms with Crippen LogP contribution in [0.25, 0.3) is 0 Å². The molecule has 3 N–H and O–H groups in total. The molecule has 2 aromatic rings. The van der Waals surface area contributed by atoms with Gasteiger partial charge in [0.15, 0.2) is 0 Å². The molecule has 1 aliphatic rings. The van der Waals surface area contributed by atoms with E-state index in [1.165, 1.54) is 29.8 Å². The van der Waals surface area contributed by atoms with Crippen LogP contribution in [0, 0.1) is 0 Å². The highest BCUT2D eigenvalue weighted by atomic mass is 32.2. The Hall–Kier alpha value is -2.26. The van der Waals surface area contributed by atoms with Gasteiger partial charge in [-0.05, 0) is 36.9 Å². The second-order valence-corrected chi connectivity index (χ2v) is 8.34. The minimum atomic E-state index is -3.74. The lowest BCUT2D eigenvalue weighted by atomic mass is 10.0. The van der Waals surface area contributed by atoms with Crippen LogP contribution in [0.4, 0.5) is 5.69 Å². The highest BCUT2D eigenvalue weighted by Gasteiger charge is 2.27. The van der Waals surface area contributed by atoms with Gasteiger partial charge in [0.25, 0.3) is 0 Å². The van der Waals surface area contributed by atoms with E-state index in [1.807, 2.05) is 18.2 Å². The Labute approximate surface area is 159 Å². The molecule has 1 atom stereocenters. The highest BCUT2D eigenvalue weighted by Crippen LogP contribution is 2.24. The molecule has 0 aromatic heterocycles. The maximum absolute atomic E-state index is 12.5. The van der Waals surface area contributed by atoms with Crippen LogP contribution in [-0.2, 0) is 14.8 Å². The smallest absolute Gasteiger partial charge is 0.238 e. The van der Waals surface area contributed by atoms with Crippen LogP contribution in [0.1, 0.15) is 11.6 Å². The Bertz CT molecular complexity index is 885. The molecule has 0 saturated carbocycles. The molecular weight excluding hydrogens is 364 g/mol. The number of carbonyl (C=O) groups excluding carboxylic acids is 1. The molecule has 144 valence electrons. The van der Waals surface area contributed by atoms with Gasteiger partial charge in [-0.15, -0.1) is 0 Å². The molecule has 0 spiro atoms. The van der Waals surface area contributed by atoms with Crippen molar-refractivity contribution in [2.45, 2.75) is 10.9 Å². The molecule has 0 unspecified atom stereocenters. The van der Waals surface area contributed by atoms with Gasteiger partial charge in [0.1, 0.15) is 0 Å². The van der Waals surface area contributed by atoms with Crippen molar-refractivity contribution in [3.63, 3.8) is 0 Å². The number of nitrogens with two attached hydrogens (primary N) is 1. The molecular formula is C19H24N4O3S. The van der Waals surface area contributed by atoms with Crippen LogP contribution < -0.4 is 10.5 Å². The normalized spacial score (nSPS) is 19.0. The van der Waals surface area contributed by atoms with Gasteiger partial charge in [-0.2, -0.15) is 0 Å². The summed E-state index contributed by atoms with van der Waals surface area (Å²) in [7, 11) is -1.66. The lowest BCUT2D eigenvalue weighted by Crippen LogP contribution is -2.49. The van der Waals surface area contributed by atoms with Crippen molar-refractivity contribution in [1.29, 1.82) is 0 Å². The zero-order chi connectivity index (χ0) is 19.4. The fourth-order valence-electron chi connectivity index (χ4n) is 3.25. The number of anilines is 1. The molecule has 1 amide bonds. The van der Waals surface area contributed by atoms with E-state index in [-0.39, 0.29) is 23.4 Å². The molecule has 2 aromatic carbocycles. The van der Waals surface area contributed by atoms with Crippen LogP contribution in [0.2, 0.25) is 0 Å². The number of piperazine rings is 1. The number of rotatable bonds is 5. The van der Waals surface area contributed by atoms with Crippen molar-refractivity contribution in [3.05, 3.63) is 60.2 Å². The maximum Gasteiger partial charge on any atom is 0.238 e. The number of nitrogens with one attached hydrogen (secondary N) is 1. The van der Waals surface area contributed by atoms with Gasteiger partial charge in [-0.1, -0.05) is 30.3 Å². The van der Waals surface area contributed by atoms with Gasteiger partial charge in [0.2, 0.25) is 15.9 Å². The van der Waals surface area contributed by atoms with Crippen molar-refractivity contribution in [1.82, 2.24) is 9.80 Å². The van der Waals surface area contributed by atoms with Crippen LogP contribution in [0.3, 0.4) is 0 Å².